The summed E-state index contributed by atoms with van der Waals surface area (Å²) in [5.74, 6) is 0.379. The first-order valence-corrected chi connectivity index (χ1v) is 9.55. The smallest absolute Gasteiger partial charge is 0.184 e. The van der Waals surface area contributed by atoms with E-state index in [-0.39, 0.29) is 6.10 Å². The van der Waals surface area contributed by atoms with Gasteiger partial charge in [0.2, 0.25) is 0 Å². The van der Waals surface area contributed by atoms with E-state index in [1.165, 1.54) is 5.56 Å². The summed E-state index contributed by atoms with van der Waals surface area (Å²) in [7, 11) is -1.54. The van der Waals surface area contributed by atoms with E-state index < -0.39 is 8.32 Å². The van der Waals surface area contributed by atoms with Gasteiger partial charge in [-0.3, -0.25) is 0 Å². The molecule has 0 aliphatic heterocycles. The fraction of sp³-hybridized carbons (Fsp3) is 0.333. The van der Waals surface area contributed by atoms with Crippen LogP contribution in [0.25, 0.3) is 0 Å². The number of rotatable bonds is 4. The molecule has 2 heteroatoms. The second kappa shape index (κ2) is 5.03. The summed E-state index contributed by atoms with van der Waals surface area (Å²) in [5, 5.41) is 0. The Balaban J connectivity index is 2.24. The summed E-state index contributed by atoms with van der Waals surface area (Å²) < 4.78 is 6.34. The van der Waals surface area contributed by atoms with Crippen LogP contribution in [0, 0.1) is 5.92 Å². The van der Waals surface area contributed by atoms with Crippen LogP contribution in [0.2, 0.25) is 19.6 Å². The van der Waals surface area contributed by atoms with Crippen molar-refractivity contribution in [3.63, 3.8) is 0 Å². The second-order valence-corrected chi connectivity index (χ2v) is 9.87. The Kier molecular flexibility index (Phi) is 3.65. The lowest BCUT2D eigenvalue weighted by Crippen LogP contribution is -2.30. The maximum atomic E-state index is 6.34. The molecule has 1 aromatic rings. The molecule has 0 saturated heterocycles. The summed E-state index contributed by atoms with van der Waals surface area (Å²) in [6.07, 6.45) is 8.82. The molecule has 1 atom stereocenters. The van der Waals surface area contributed by atoms with Crippen LogP contribution < -0.4 is 0 Å². The number of hydrogen-bond donors (Lipinski definition) is 0. The minimum atomic E-state index is -1.54. The molecule has 0 fully saturated rings. The van der Waals surface area contributed by atoms with E-state index in [9.17, 15) is 0 Å². The normalized spacial score (nSPS) is 17.6. The summed E-state index contributed by atoms with van der Waals surface area (Å²) >= 11 is 0. The summed E-state index contributed by atoms with van der Waals surface area (Å²) in [6, 6.07) is 10.5. The summed E-state index contributed by atoms with van der Waals surface area (Å²) in [5.41, 5.74) is 1.27. The van der Waals surface area contributed by atoms with Crippen molar-refractivity contribution in [2.45, 2.75) is 25.7 Å². The third-order valence-corrected chi connectivity index (χ3v) is 3.70. The zero-order valence-electron chi connectivity index (χ0n) is 10.8. The largest absolute Gasteiger partial charge is 0.410 e. The van der Waals surface area contributed by atoms with Crippen LogP contribution in [-0.2, 0) is 4.43 Å². The fourth-order valence-corrected chi connectivity index (χ4v) is 3.10. The van der Waals surface area contributed by atoms with Gasteiger partial charge in [-0.15, -0.1) is 0 Å². The lowest BCUT2D eigenvalue weighted by atomic mass is 9.97. The molecule has 0 spiro atoms. The van der Waals surface area contributed by atoms with E-state index in [4.69, 9.17) is 4.43 Å². The number of hydrogen-bond acceptors (Lipinski definition) is 1. The van der Waals surface area contributed by atoms with E-state index in [0.29, 0.717) is 5.92 Å². The van der Waals surface area contributed by atoms with Crippen molar-refractivity contribution >= 4 is 8.32 Å². The minimum Gasteiger partial charge on any atom is -0.410 e. The van der Waals surface area contributed by atoms with E-state index in [2.05, 4.69) is 74.3 Å². The van der Waals surface area contributed by atoms with Crippen LogP contribution in [-0.4, -0.2) is 8.32 Å². The van der Waals surface area contributed by atoms with Crippen LogP contribution in [0.15, 0.2) is 54.6 Å². The standard InChI is InChI=1S/C15H20OSi/c1-17(2,3)16-15(14-11-7-8-12-14)13-9-5-4-6-10-13/h4-12,14-15H,1-3H3. The van der Waals surface area contributed by atoms with Gasteiger partial charge in [0.05, 0.1) is 6.10 Å². The van der Waals surface area contributed by atoms with Crippen molar-refractivity contribution in [2.24, 2.45) is 5.92 Å². The van der Waals surface area contributed by atoms with Gasteiger partial charge in [-0.2, -0.15) is 0 Å². The molecule has 1 aliphatic rings. The molecule has 0 bridgehead atoms. The second-order valence-electron chi connectivity index (χ2n) is 5.41. The van der Waals surface area contributed by atoms with Crippen LogP contribution in [0.3, 0.4) is 0 Å². The van der Waals surface area contributed by atoms with Crippen molar-refractivity contribution in [2.75, 3.05) is 0 Å². The molecule has 0 saturated carbocycles. The Bertz CT molecular complexity index is 402. The first-order valence-electron chi connectivity index (χ1n) is 6.14. The van der Waals surface area contributed by atoms with Crippen molar-refractivity contribution in [3.05, 3.63) is 60.2 Å². The zero-order chi connectivity index (χ0) is 12.3. The SMILES string of the molecule is C[Si](C)(C)OC(c1ccccc1)C1C=CC=C1. The van der Waals surface area contributed by atoms with Crippen molar-refractivity contribution in [3.8, 4) is 0 Å². The summed E-state index contributed by atoms with van der Waals surface area (Å²) in [6.45, 7) is 6.72. The molecule has 0 amide bonds. The predicted molar refractivity (Wildman–Crippen MR) is 75.4 cm³/mol. The highest BCUT2D eigenvalue weighted by atomic mass is 28.4. The molecule has 17 heavy (non-hydrogen) atoms. The Morgan fingerprint density at radius 2 is 1.59 bits per heavy atom. The van der Waals surface area contributed by atoms with Crippen LogP contribution in [0.5, 0.6) is 0 Å². The topological polar surface area (TPSA) is 9.23 Å². The van der Waals surface area contributed by atoms with Gasteiger partial charge in [0, 0.05) is 5.92 Å². The molecular weight excluding hydrogens is 224 g/mol. The third-order valence-electron chi connectivity index (χ3n) is 2.74. The highest BCUT2D eigenvalue weighted by Crippen LogP contribution is 2.33. The highest BCUT2D eigenvalue weighted by Gasteiger charge is 2.27. The molecule has 1 aromatic carbocycles. The Hall–Kier alpha value is -1.12. The molecule has 1 unspecified atom stereocenters. The molecule has 0 N–H and O–H groups in total. The average Bonchev–Trinajstić information content (AvgIpc) is 2.79. The minimum absolute atomic E-state index is 0.165. The monoisotopic (exact) mass is 244 g/mol. The first-order chi connectivity index (χ1) is 8.06. The Morgan fingerprint density at radius 3 is 2.12 bits per heavy atom. The van der Waals surface area contributed by atoms with Gasteiger partial charge in [-0.1, -0.05) is 54.6 Å². The predicted octanol–water partition coefficient (Wildman–Crippen LogP) is 4.32. The summed E-state index contributed by atoms with van der Waals surface area (Å²) in [4.78, 5) is 0. The zero-order valence-corrected chi connectivity index (χ0v) is 11.8. The molecule has 90 valence electrons. The number of allylic oxidation sites excluding steroid dienone is 2. The van der Waals surface area contributed by atoms with E-state index in [1.54, 1.807) is 0 Å². The Labute approximate surface area is 105 Å². The number of benzene rings is 1. The van der Waals surface area contributed by atoms with Gasteiger partial charge in [0.15, 0.2) is 8.32 Å². The lowest BCUT2D eigenvalue weighted by molar-refractivity contribution is 0.172. The first kappa shape index (κ1) is 12.3. The van der Waals surface area contributed by atoms with Crippen molar-refractivity contribution in [1.29, 1.82) is 0 Å². The van der Waals surface area contributed by atoms with Crippen LogP contribution >= 0.6 is 0 Å². The molecule has 1 aliphatic carbocycles. The third kappa shape index (κ3) is 3.41. The highest BCUT2D eigenvalue weighted by molar-refractivity contribution is 6.69. The van der Waals surface area contributed by atoms with E-state index in [1.807, 2.05) is 0 Å². The molecular formula is C15H20OSi. The van der Waals surface area contributed by atoms with Gasteiger partial charge in [-0.05, 0) is 25.2 Å². The molecule has 0 heterocycles. The fourth-order valence-electron chi connectivity index (χ4n) is 2.04. The Morgan fingerprint density at radius 1 is 1.00 bits per heavy atom. The van der Waals surface area contributed by atoms with Gasteiger partial charge in [-0.25, -0.2) is 0 Å². The van der Waals surface area contributed by atoms with Gasteiger partial charge in [0.25, 0.3) is 0 Å². The van der Waals surface area contributed by atoms with Crippen LogP contribution in [0.1, 0.15) is 11.7 Å². The molecule has 0 aromatic heterocycles. The maximum Gasteiger partial charge on any atom is 0.184 e. The average molecular weight is 244 g/mol. The maximum absolute atomic E-state index is 6.34. The van der Waals surface area contributed by atoms with E-state index >= 15 is 0 Å². The van der Waals surface area contributed by atoms with Crippen molar-refractivity contribution < 1.29 is 4.43 Å². The van der Waals surface area contributed by atoms with Crippen molar-refractivity contribution in [1.82, 2.24) is 0 Å². The molecule has 0 radical (unpaired) electrons. The van der Waals surface area contributed by atoms with Gasteiger partial charge < -0.3 is 4.43 Å². The molecule has 2 rings (SSSR count). The molecule has 1 nitrogen and oxygen atoms in total. The quantitative estimate of drug-likeness (QED) is 0.717. The van der Waals surface area contributed by atoms with Gasteiger partial charge in [0.1, 0.15) is 0 Å². The van der Waals surface area contributed by atoms with Gasteiger partial charge >= 0.3 is 0 Å². The van der Waals surface area contributed by atoms with Crippen LogP contribution in [0.4, 0.5) is 0 Å². The van der Waals surface area contributed by atoms with E-state index in [0.717, 1.165) is 0 Å². The lowest BCUT2D eigenvalue weighted by Gasteiger charge is -2.29.